The van der Waals surface area contributed by atoms with Gasteiger partial charge in [0.15, 0.2) is 0 Å². The zero-order valence-electron chi connectivity index (χ0n) is 22.9. The molecule has 0 heterocycles. The van der Waals surface area contributed by atoms with Crippen LogP contribution in [0.3, 0.4) is 0 Å². The number of nitrogens with two attached hydrogens (primary N) is 1. The topological polar surface area (TPSA) is 171 Å². The summed E-state index contributed by atoms with van der Waals surface area (Å²) in [6.45, 7) is 7.04. The molecule has 0 aliphatic heterocycles. The monoisotopic (exact) mass is 540 g/mol. The Balaban J connectivity index is 2.21. The van der Waals surface area contributed by atoms with E-state index in [1.165, 1.54) is 12.1 Å². The zero-order chi connectivity index (χ0) is 29.1. The van der Waals surface area contributed by atoms with Crippen molar-refractivity contribution in [3.63, 3.8) is 0 Å². The number of phenolic OH excluding ortho intramolecular Hbond substituents is 1. The van der Waals surface area contributed by atoms with Crippen LogP contribution in [0.5, 0.6) is 5.75 Å². The van der Waals surface area contributed by atoms with Crippen LogP contribution < -0.4 is 21.7 Å². The first kappa shape index (κ1) is 31.3. The van der Waals surface area contributed by atoms with Crippen molar-refractivity contribution in [2.45, 2.75) is 71.1 Å². The van der Waals surface area contributed by atoms with E-state index in [1.54, 1.807) is 50.2 Å². The highest BCUT2D eigenvalue weighted by Gasteiger charge is 2.33. The number of carboxylic acids is 1. The molecule has 0 saturated carbocycles. The molecule has 2 rings (SSSR count). The Hall–Kier alpha value is -3.92. The molecule has 212 valence electrons. The number of phenols is 1. The number of benzene rings is 2. The fraction of sp³-hybridized carbons (Fsp3) is 0.448. The van der Waals surface area contributed by atoms with Crippen LogP contribution in [-0.2, 0) is 32.0 Å². The van der Waals surface area contributed by atoms with Crippen LogP contribution in [0, 0.1) is 11.8 Å². The molecular formula is C29H40N4O6. The second-order valence-electron chi connectivity index (χ2n) is 10.2. The van der Waals surface area contributed by atoms with Crippen molar-refractivity contribution >= 4 is 23.7 Å². The maximum absolute atomic E-state index is 13.5. The summed E-state index contributed by atoms with van der Waals surface area (Å²) in [6.07, 6.45) is 0.895. The standard InChI is InChI=1S/C29H40N4O6/c1-5-18(4)25(33-26(35)22(30)15-20-11-13-21(34)14-12-20)28(37)31-23(16-19-9-7-6-8-10-19)27(36)32-24(17(2)3)29(38)39/h6-14,17-18,22-25,34H,5,15-16,30H2,1-4H3,(H,31,37)(H,32,36)(H,33,35)(H,38,39)/t18-,22-,23-,24-,25-/m0/s1. The number of aliphatic carboxylic acids is 1. The van der Waals surface area contributed by atoms with Crippen LogP contribution in [0.1, 0.15) is 45.2 Å². The molecule has 0 saturated heterocycles. The highest BCUT2D eigenvalue weighted by Crippen LogP contribution is 2.13. The van der Waals surface area contributed by atoms with E-state index in [1.807, 2.05) is 19.9 Å². The molecule has 2 aromatic carbocycles. The second kappa shape index (κ2) is 14.9. The van der Waals surface area contributed by atoms with Crippen molar-refractivity contribution < 1.29 is 29.4 Å². The zero-order valence-corrected chi connectivity index (χ0v) is 22.9. The molecule has 10 nitrogen and oxygen atoms in total. The van der Waals surface area contributed by atoms with Crippen LogP contribution in [0.15, 0.2) is 54.6 Å². The summed E-state index contributed by atoms with van der Waals surface area (Å²) in [5.74, 6) is -3.45. The van der Waals surface area contributed by atoms with Gasteiger partial charge in [0.1, 0.15) is 23.9 Å². The average Bonchev–Trinajstić information content (AvgIpc) is 2.90. The molecule has 0 unspecified atom stereocenters. The minimum atomic E-state index is -1.17. The molecule has 0 bridgehead atoms. The molecule has 7 N–H and O–H groups in total. The number of carbonyl (C=O) groups is 4. The molecule has 0 aliphatic rings. The van der Waals surface area contributed by atoms with Crippen molar-refractivity contribution in [2.75, 3.05) is 0 Å². The maximum atomic E-state index is 13.5. The number of amides is 3. The SMILES string of the molecule is CC[C@H](C)[C@H](NC(=O)[C@@H](N)Cc1ccc(O)cc1)C(=O)N[C@@H](Cc1ccccc1)C(=O)N[C@H](C(=O)O)C(C)C. The number of hydrogen-bond acceptors (Lipinski definition) is 6. The van der Waals surface area contributed by atoms with Crippen LogP contribution in [0.2, 0.25) is 0 Å². The maximum Gasteiger partial charge on any atom is 0.326 e. The van der Waals surface area contributed by atoms with Crippen LogP contribution in [0.4, 0.5) is 0 Å². The molecule has 0 aliphatic carbocycles. The van der Waals surface area contributed by atoms with Crippen molar-refractivity contribution in [1.82, 2.24) is 16.0 Å². The van der Waals surface area contributed by atoms with Crippen LogP contribution in [-0.4, -0.2) is 58.1 Å². The first-order chi connectivity index (χ1) is 18.4. The lowest BCUT2D eigenvalue weighted by Crippen LogP contribution is -2.59. The normalized spacial score (nSPS) is 14.9. The summed E-state index contributed by atoms with van der Waals surface area (Å²) >= 11 is 0. The number of hydrogen-bond donors (Lipinski definition) is 6. The van der Waals surface area contributed by atoms with Gasteiger partial charge in [-0.3, -0.25) is 14.4 Å². The summed E-state index contributed by atoms with van der Waals surface area (Å²) in [6, 6.07) is 11.3. The largest absolute Gasteiger partial charge is 0.508 e. The van der Waals surface area contributed by atoms with Gasteiger partial charge in [-0.05, 0) is 41.5 Å². The minimum Gasteiger partial charge on any atom is -0.508 e. The van der Waals surface area contributed by atoms with Gasteiger partial charge in [-0.25, -0.2) is 4.79 Å². The van der Waals surface area contributed by atoms with Crippen molar-refractivity contribution in [3.05, 3.63) is 65.7 Å². The van der Waals surface area contributed by atoms with Gasteiger partial charge < -0.3 is 31.9 Å². The van der Waals surface area contributed by atoms with E-state index in [9.17, 15) is 29.4 Å². The third-order valence-corrected chi connectivity index (χ3v) is 6.67. The summed E-state index contributed by atoms with van der Waals surface area (Å²) in [5.41, 5.74) is 7.63. The van der Waals surface area contributed by atoms with E-state index >= 15 is 0 Å². The van der Waals surface area contributed by atoms with E-state index < -0.39 is 47.9 Å². The molecule has 0 aromatic heterocycles. The predicted molar refractivity (Wildman–Crippen MR) is 148 cm³/mol. The summed E-state index contributed by atoms with van der Waals surface area (Å²) in [5, 5.41) is 27.0. The molecule has 5 atom stereocenters. The lowest BCUT2D eigenvalue weighted by Gasteiger charge is -2.28. The van der Waals surface area contributed by atoms with Crippen LogP contribution in [0.25, 0.3) is 0 Å². The molecule has 0 fully saturated rings. The number of aromatic hydroxyl groups is 1. The number of carboxylic acid groups (broad SMARTS) is 1. The lowest BCUT2D eigenvalue weighted by atomic mass is 9.96. The Morgan fingerprint density at radius 2 is 1.33 bits per heavy atom. The van der Waals surface area contributed by atoms with Gasteiger partial charge in [0.25, 0.3) is 0 Å². The first-order valence-electron chi connectivity index (χ1n) is 13.1. The highest BCUT2D eigenvalue weighted by atomic mass is 16.4. The molecule has 39 heavy (non-hydrogen) atoms. The summed E-state index contributed by atoms with van der Waals surface area (Å²) in [7, 11) is 0. The number of carbonyl (C=O) groups excluding carboxylic acids is 3. The molecule has 2 aromatic rings. The van der Waals surface area contributed by atoms with Gasteiger partial charge in [0.05, 0.1) is 6.04 Å². The van der Waals surface area contributed by atoms with Crippen molar-refractivity contribution in [1.29, 1.82) is 0 Å². The Kier molecular flexibility index (Phi) is 11.9. The van der Waals surface area contributed by atoms with E-state index in [-0.39, 0.29) is 30.4 Å². The van der Waals surface area contributed by atoms with Gasteiger partial charge in [-0.2, -0.15) is 0 Å². The summed E-state index contributed by atoms with van der Waals surface area (Å²) in [4.78, 5) is 51.3. The molecule has 3 amide bonds. The summed E-state index contributed by atoms with van der Waals surface area (Å²) < 4.78 is 0. The van der Waals surface area contributed by atoms with Gasteiger partial charge in [0, 0.05) is 6.42 Å². The molecule has 0 spiro atoms. The van der Waals surface area contributed by atoms with E-state index in [0.717, 1.165) is 11.1 Å². The average molecular weight is 541 g/mol. The lowest BCUT2D eigenvalue weighted by molar-refractivity contribution is -0.143. The second-order valence-corrected chi connectivity index (χ2v) is 10.2. The molecule has 0 radical (unpaired) electrons. The molecule has 10 heteroatoms. The Bertz CT molecular complexity index is 1110. The highest BCUT2D eigenvalue weighted by molar-refractivity contribution is 5.94. The Labute approximate surface area is 229 Å². The number of rotatable bonds is 14. The third-order valence-electron chi connectivity index (χ3n) is 6.67. The number of nitrogens with one attached hydrogen (secondary N) is 3. The van der Waals surface area contributed by atoms with Gasteiger partial charge >= 0.3 is 5.97 Å². The Morgan fingerprint density at radius 3 is 1.87 bits per heavy atom. The van der Waals surface area contributed by atoms with Crippen LogP contribution >= 0.6 is 0 Å². The van der Waals surface area contributed by atoms with Crippen molar-refractivity contribution in [2.24, 2.45) is 17.6 Å². The van der Waals surface area contributed by atoms with Gasteiger partial charge in [-0.1, -0.05) is 76.6 Å². The third kappa shape index (κ3) is 9.72. The molecular weight excluding hydrogens is 500 g/mol. The van der Waals surface area contributed by atoms with E-state index in [0.29, 0.717) is 6.42 Å². The van der Waals surface area contributed by atoms with Gasteiger partial charge in [-0.15, -0.1) is 0 Å². The minimum absolute atomic E-state index is 0.0995. The van der Waals surface area contributed by atoms with E-state index in [4.69, 9.17) is 5.73 Å². The fourth-order valence-corrected chi connectivity index (χ4v) is 4.03. The van der Waals surface area contributed by atoms with Crippen molar-refractivity contribution in [3.8, 4) is 5.75 Å². The smallest absolute Gasteiger partial charge is 0.326 e. The van der Waals surface area contributed by atoms with Gasteiger partial charge in [0.2, 0.25) is 17.7 Å². The quantitative estimate of drug-likeness (QED) is 0.212. The fourth-order valence-electron chi connectivity index (χ4n) is 4.03. The first-order valence-corrected chi connectivity index (χ1v) is 13.1. The van der Waals surface area contributed by atoms with E-state index in [2.05, 4.69) is 16.0 Å². The predicted octanol–water partition coefficient (Wildman–Crippen LogP) is 1.75. The Morgan fingerprint density at radius 1 is 0.769 bits per heavy atom.